The predicted octanol–water partition coefficient (Wildman–Crippen LogP) is 1.45. The van der Waals surface area contributed by atoms with Gasteiger partial charge in [-0.25, -0.2) is 4.98 Å². The maximum Gasteiger partial charge on any atom is 0.255 e. The number of hydrogen-bond acceptors (Lipinski definition) is 4. The van der Waals surface area contributed by atoms with Crippen LogP contribution in [0.4, 0.5) is 0 Å². The van der Waals surface area contributed by atoms with E-state index >= 15 is 0 Å². The lowest BCUT2D eigenvalue weighted by Gasteiger charge is -2.18. The summed E-state index contributed by atoms with van der Waals surface area (Å²) in [4.78, 5) is 16.4. The number of benzene rings is 1. The Morgan fingerprint density at radius 3 is 2.95 bits per heavy atom. The highest BCUT2D eigenvalue weighted by molar-refractivity contribution is 5.97. The van der Waals surface area contributed by atoms with Crippen LogP contribution in [0.15, 0.2) is 49.4 Å². The molecule has 1 atom stereocenters. The number of aliphatic hydroxyl groups excluding tert-OH is 1. The van der Waals surface area contributed by atoms with Crippen molar-refractivity contribution in [3.05, 3.63) is 60.7 Å². The zero-order valence-corrected chi connectivity index (χ0v) is 12.4. The van der Waals surface area contributed by atoms with Gasteiger partial charge in [-0.15, -0.1) is 0 Å². The average molecular weight is 301 g/mol. The Morgan fingerprint density at radius 1 is 1.55 bits per heavy atom. The Balaban J connectivity index is 2.18. The first kappa shape index (κ1) is 15.8. The molecule has 6 nitrogen and oxygen atoms in total. The third kappa shape index (κ3) is 3.53. The van der Waals surface area contributed by atoms with Gasteiger partial charge < -0.3 is 19.7 Å². The summed E-state index contributed by atoms with van der Waals surface area (Å²) in [5.74, 6) is 0.154. The van der Waals surface area contributed by atoms with E-state index in [0.717, 1.165) is 5.69 Å². The number of aliphatic hydroxyl groups is 1. The fraction of sp³-hybridized carbons (Fsp3) is 0.250. The molecule has 0 spiro atoms. The van der Waals surface area contributed by atoms with Crippen molar-refractivity contribution in [3.8, 4) is 5.75 Å². The Kier molecular flexibility index (Phi) is 5.32. The number of aryl methyl sites for hydroxylation is 1. The van der Waals surface area contributed by atoms with Crippen molar-refractivity contribution in [2.24, 2.45) is 7.05 Å². The number of carbonyl (C=O) groups is 1. The van der Waals surface area contributed by atoms with Gasteiger partial charge in [0.05, 0.1) is 36.4 Å². The van der Waals surface area contributed by atoms with Crippen molar-refractivity contribution in [1.29, 1.82) is 0 Å². The van der Waals surface area contributed by atoms with Gasteiger partial charge in [0, 0.05) is 7.05 Å². The Hall–Kier alpha value is -2.60. The molecule has 2 N–H and O–H groups in total. The monoisotopic (exact) mass is 301 g/mol. The molecule has 0 saturated carbocycles. The summed E-state index contributed by atoms with van der Waals surface area (Å²) in [5, 5.41) is 12.3. The standard InChI is InChI=1S/C16H19N3O3/c1-3-8-22-15-7-5-4-6-12(15)16(21)18-13(10-20)14-9-17-11-19(14)2/h3-7,9,11,13,20H,1,8,10H2,2H3,(H,18,21). The zero-order valence-electron chi connectivity index (χ0n) is 12.4. The minimum Gasteiger partial charge on any atom is -0.489 e. The van der Waals surface area contributed by atoms with E-state index in [1.807, 2.05) is 0 Å². The average Bonchev–Trinajstić information content (AvgIpc) is 2.96. The van der Waals surface area contributed by atoms with Gasteiger partial charge in [0.2, 0.25) is 0 Å². The lowest BCUT2D eigenvalue weighted by molar-refractivity contribution is 0.0910. The third-order valence-electron chi connectivity index (χ3n) is 3.19. The molecule has 1 aromatic carbocycles. The highest BCUT2D eigenvalue weighted by atomic mass is 16.5. The molecule has 0 saturated heterocycles. The Morgan fingerprint density at radius 2 is 2.32 bits per heavy atom. The van der Waals surface area contributed by atoms with E-state index in [1.54, 1.807) is 54.5 Å². The maximum absolute atomic E-state index is 12.4. The molecule has 0 radical (unpaired) electrons. The number of nitrogens with zero attached hydrogens (tertiary/aromatic N) is 2. The summed E-state index contributed by atoms with van der Waals surface area (Å²) in [6.45, 7) is 3.68. The molecule has 0 aliphatic rings. The zero-order chi connectivity index (χ0) is 15.9. The fourth-order valence-electron chi connectivity index (χ4n) is 2.08. The van der Waals surface area contributed by atoms with Crippen LogP contribution in [0.5, 0.6) is 5.75 Å². The molecular formula is C16H19N3O3. The first-order valence-corrected chi connectivity index (χ1v) is 6.88. The van der Waals surface area contributed by atoms with Gasteiger partial charge in [0.15, 0.2) is 0 Å². The van der Waals surface area contributed by atoms with Gasteiger partial charge in [-0.2, -0.15) is 0 Å². The van der Waals surface area contributed by atoms with Crippen LogP contribution in [0.3, 0.4) is 0 Å². The molecular weight excluding hydrogens is 282 g/mol. The van der Waals surface area contributed by atoms with E-state index in [2.05, 4.69) is 16.9 Å². The normalized spacial score (nSPS) is 11.7. The van der Waals surface area contributed by atoms with Gasteiger partial charge in [-0.05, 0) is 12.1 Å². The SMILES string of the molecule is C=CCOc1ccccc1C(=O)NC(CO)c1cncn1C. The lowest BCUT2D eigenvalue weighted by atomic mass is 10.1. The van der Waals surface area contributed by atoms with Gasteiger partial charge >= 0.3 is 0 Å². The van der Waals surface area contributed by atoms with Gasteiger partial charge in [0.1, 0.15) is 12.4 Å². The quantitative estimate of drug-likeness (QED) is 0.759. The molecule has 1 heterocycles. The number of para-hydroxylation sites is 1. The topological polar surface area (TPSA) is 76.4 Å². The van der Waals surface area contributed by atoms with Crippen LogP contribution in [-0.4, -0.2) is 33.8 Å². The molecule has 2 aromatic rings. The van der Waals surface area contributed by atoms with Crippen molar-refractivity contribution in [3.63, 3.8) is 0 Å². The lowest BCUT2D eigenvalue weighted by Crippen LogP contribution is -2.32. The predicted molar refractivity (Wildman–Crippen MR) is 82.6 cm³/mol. The minimum absolute atomic E-state index is 0.221. The summed E-state index contributed by atoms with van der Waals surface area (Å²) in [7, 11) is 1.80. The van der Waals surface area contributed by atoms with Crippen LogP contribution >= 0.6 is 0 Å². The first-order chi connectivity index (χ1) is 10.7. The van der Waals surface area contributed by atoms with E-state index in [4.69, 9.17) is 4.74 Å². The molecule has 0 aliphatic heterocycles. The van der Waals surface area contributed by atoms with Crippen LogP contribution in [0.1, 0.15) is 22.1 Å². The molecule has 1 aromatic heterocycles. The first-order valence-electron chi connectivity index (χ1n) is 6.88. The molecule has 1 amide bonds. The highest BCUT2D eigenvalue weighted by Gasteiger charge is 2.19. The fourth-order valence-corrected chi connectivity index (χ4v) is 2.08. The van der Waals surface area contributed by atoms with Crippen molar-refractivity contribution >= 4 is 5.91 Å². The van der Waals surface area contributed by atoms with Crippen LogP contribution in [0.25, 0.3) is 0 Å². The second kappa shape index (κ2) is 7.42. The van der Waals surface area contributed by atoms with Crippen LogP contribution in [-0.2, 0) is 7.05 Å². The van der Waals surface area contributed by atoms with Gasteiger partial charge in [-0.3, -0.25) is 4.79 Å². The molecule has 2 rings (SSSR count). The van der Waals surface area contributed by atoms with E-state index in [0.29, 0.717) is 17.9 Å². The number of nitrogens with one attached hydrogen (secondary N) is 1. The molecule has 0 aliphatic carbocycles. The van der Waals surface area contributed by atoms with E-state index < -0.39 is 6.04 Å². The number of imidazole rings is 1. The molecule has 116 valence electrons. The second-order valence-corrected chi connectivity index (χ2v) is 4.73. The maximum atomic E-state index is 12.4. The van der Waals surface area contributed by atoms with E-state index in [1.165, 1.54) is 0 Å². The molecule has 1 unspecified atom stereocenters. The molecule has 6 heteroatoms. The smallest absolute Gasteiger partial charge is 0.255 e. The largest absolute Gasteiger partial charge is 0.489 e. The summed E-state index contributed by atoms with van der Waals surface area (Å²) < 4.78 is 7.23. The Bertz CT molecular complexity index is 652. The van der Waals surface area contributed by atoms with Crippen LogP contribution in [0, 0.1) is 0 Å². The van der Waals surface area contributed by atoms with Crippen LogP contribution < -0.4 is 10.1 Å². The van der Waals surface area contributed by atoms with Crippen LogP contribution in [0.2, 0.25) is 0 Å². The summed E-state index contributed by atoms with van der Waals surface area (Å²) in [5.41, 5.74) is 1.13. The third-order valence-corrected chi connectivity index (χ3v) is 3.19. The van der Waals surface area contributed by atoms with E-state index in [-0.39, 0.29) is 12.5 Å². The number of amides is 1. The number of rotatable bonds is 7. The van der Waals surface area contributed by atoms with Crippen molar-refractivity contribution in [2.75, 3.05) is 13.2 Å². The summed E-state index contributed by atoms with van der Waals surface area (Å²) in [6.07, 6.45) is 4.84. The summed E-state index contributed by atoms with van der Waals surface area (Å²) >= 11 is 0. The minimum atomic E-state index is -0.535. The number of ether oxygens (including phenoxy) is 1. The van der Waals surface area contributed by atoms with Crippen molar-refractivity contribution in [1.82, 2.24) is 14.9 Å². The second-order valence-electron chi connectivity index (χ2n) is 4.73. The van der Waals surface area contributed by atoms with Crippen molar-refractivity contribution < 1.29 is 14.6 Å². The summed E-state index contributed by atoms with van der Waals surface area (Å²) in [6, 6.07) is 6.41. The highest BCUT2D eigenvalue weighted by Crippen LogP contribution is 2.19. The van der Waals surface area contributed by atoms with Crippen molar-refractivity contribution in [2.45, 2.75) is 6.04 Å². The molecule has 0 fully saturated rings. The van der Waals surface area contributed by atoms with E-state index in [9.17, 15) is 9.90 Å². The number of carbonyl (C=O) groups excluding carboxylic acids is 1. The molecule has 22 heavy (non-hydrogen) atoms. The Labute approximate surface area is 129 Å². The number of hydrogen-bond donors (Lipinski definition) is 2. The number of aromatic nitrogens is 2. The molecule has 0 bridgehead atoms. The van der Waals surface area contributed by atoms with Gasteiger partial charge in [-0.1, -0.05) is 24.8 Å². The van der Waals surface area contributed by atoms with Gasteiger partial charge in [0.25, 0.3) is 5.91 Å².